The molecular formula is C13H21FN2O. The molecule has 1 aromatic rings. The zero-order chi connectivity index (χ0) is 12.7. The van der Waals surface area contributed by atoms with E-state index in [2.05, 4.69) is 19.2 Å². The summed E-state index contributed by atoms with van der Waals surface area (Å²) < 4.78 is 18.4. The second kappa shape index (κ2) is 7.12. The van der Waals surface area contributed by atoms with E-state index in [1.165, 1.54) is 12.1 Å². The Morgan fingerprint density at radius 2 is 2.06 bits per heavy atom. The molecule has 0 amide bonds. The predicted octanol–water partition coefficient (Wildman–Crippen LogP) is 2.88. The summed E-state index contributed by atoms with van der Waals surface area (Å²) in [5.74, 6) is 0.333. The van der Waals surface area contributed by atoms with Crippen LogP contribution in [0.2, 0.25) is 0 Å². The van der Waals surface area contributed by atoms with Crippen molar-refractivity contribution in [3.8, 4) is 0 Å². The maximum Gasteiger partial charge on any atom is 0.127 e. The maximum atomic E-state index is 13.0. The Balaban J connectivity index is 2.18. The average molecular weight is 240 g/mol. The van der Waals surface area contributed by atoms with E-state index in [9.17, 15) is 4.39 Å². The first-order chi connectivity index (χ1) is 8.08. The number of rotatable bonds is 7. The van der Waals surface area contributed by atoms with Gasteiger partial charge in [-0.2, -0.15) is 0 Å². The van der Waals surface area contributed by atoms with Crippen molar-refractivity contribution in [2.24, 2.45) is 5.92 Å². The first kappa shape index (κ1) is 13.8. The summed E-state index contributed by atoms with van der Waals surface area (Å²) in [6.07, 6.45) is 1.06. The van der Waals surface area contributed by atoms with Crippen LogP contribution < -0.4 is 11.1 Å². The van der Waals surface area contributed by atoms with Crippen LogP contribution in [0.1, 0.15) is 20.3 Å². The molecule has 0 aromatic heterocycles. The Morgan fingerprint density at radius 1 is 1.29 bits per heavy atom. The van der Waals surface area contributed by atoms with Crippen LogP contribution in [0, 0.1) is 11.7 Å². The SMILES string of the molecule is CC(C)CCOCCNc1cc(N)cc(F)c1. The van der Waals surface area contributed by atoms with E-state index in [-0.39, 0.29) is 5.82 Å². The second-order valence-electron chi connectivity index (χ2n) is 4.49. The van der Waals surface area contributed by atoms with Crippen molar-refractivity contribution in [3.05, 3.63) is 24.0 Å². The van der Waals surface area contributed by atoms with Crippen molar-refractivity contribution in [3.63, 3.8) is 0 Å². The third-order valence-corrected chi connectivity index (χ3v) is 2.34. The zero-order valence-corrected chi connectivity index (χ0v) is 10.5. The van der Waals surface area contributed by atoms with Gasteiger partial charge in [-0.15, -0.1) is 0 Å². The minimum absolute atomic E-state index is 0.326. The van der Waals surface area contributed by atoms with Gasteiger partial charge in [-0.05, 0) is 30.5 Å². The molecule has 0 aliphatic carbocycles. The molecule has 0 aliphatic rings. The molecule has 4 heteroatoms. The molecule has 0 aliphatic heterocycles. The highest BCUT2D eigenvalue weighted by molar-refractivity contribution is 5.54. The van der Waals surface area contributed by atoms with Crippen molar-refractivity contribution in [1.82, 2.24) is 0 Å². The van der Waals surface area contributed by atoms with Gasteiger partial charge in [0.1, 0.15) is 5.82 Å². The van der Waals surface area contributed by atoms with Gasteiger partial charge < -0.3 is 15.8 Å². The molecule has 0 unspecified atom stereocenters. The summed E-state index contributed by atoms with van der Waals surface area (Å²) in [6, 6.07) is 4.42. The number of hydrogen-bond donors (Lipinski definition) is 2. The lowest BCUT2D eigenvalue weighted by Gasteiger charge is -2.09. The summed E-state index contributed by atoms with van der Waals surface area (Å²) in [5, 5.41) is 3.07. The highest BCUT2D eigenvalue weighted by Gasteiger charge is 1.98. The van der Waals surface area contributed by atoms with E-state index in [4.69, 9.17) is 10.5 Å². The summed E-state index contributed by atoms with van der Waals surface area (Å²) in [6.45, 7) is 6.36. The van der Waals surface area contributed by atoms with Crippen molar-refractivity contribution in [2.75, 3.05) is 30.8 Å². The molecule has 0 bridgehead atoms. The summed E-state index contributed by atoms with van der Waals surface area (Å²) >= 11 is 0. The Hall–Kier alpha value is -1.29. The van der Waals surface area contributed by atoms with Crippen molar-refractivity contribution < 1.29 is 9.13 Å². The molecule has 3 nitrogen and oxygen atoms in total. The van der Waals surface area contributed by atoms with Gasteiger partial charge in [-0.3, -0.25) is 0 Å². The third-order valence-electron chi connectivity index (χ3n) is 2.34. The van der Waals surface area contributed by atoms with Crippen LogP contribution in [0.5, 0.6) is 0 Å². The first-order valence-electron chi connectivity index (χ1n) is 5.95. The second-order valence-corrected chi connectivity index (χ2v) is 4.49. The maximum absolute atomic E-state index is 13.0. The van der Waals surface area contributed by atoms with Gasteiger partial charge in [0.2, 0.25) is 0 Å². The van der Waals surface area contributed by atoms with Crippen LogP contribution in [0.15, 0.2) is 18.2 Å². The van der Waals surface area contributed by atoms with E-state index >= 15 is 0 Å². The zero-order valence-electron chi connectivity index (χ0n) is 10.5. The standard InChI is InChI=1S/C13H21FN2O/c1-10(2)3-5-17-6-4-16-13-8-11(14)7-12(15)9-13/h7-10,16H,3-6,15H2,1-2H3. The van der Waals surface area contributed by atoms with Crippen LogP contribution in [-0.4, -0.2) is 19.8 Å². The van der Waals surface area contributed by atoms with Crippen LogP contribution in [-0.2, 0) is 4.74 Å². The van der Waals surface area contributed by atoms with E-state index < -0.39 is 0 Å². The Kier molecular flexibility index (Phi) is 5.77. The lowest BCUT2D eigenvalue weighted by atomic mass is 10.1. The predicted molar refractivity (Wildman–Crippen MR) is 69.6 cm³/mol. The fourth-order valence-corrected chi connectivity index (χ4v) is 1.40. The molecule has 1 aromatic carbocycles. The highest BCUT2D eigenvalue weighted by atomic mass is 19.1. The Bertz CT molecular complexity index is 322. The quantitative estimate of drug-likeness (QED) is 0.569. The molecule has 0 atom stereocenters. The fourth-order valence-electron chi connectivity index (χ4n) is 1.40. The van der Waals surface area contributed by atoms with Crippen LogP contribution in [0.25, 0.3) is 0 Å². The summed E-state index contributed by atoms with van der Waals surface area (Å²) in [5.41, 5.74) is 6.65. The normalized spacial score (nSPS) is 10.8. The van der Waals surface area contributed by atoms with Gasteiger partial charge in [0.25, 0.3) is 0 Å². The van der Waals surface area contributed by atoms with Crippen molar-refractivity contribution >= 4 is 11.4 Å². The number of ether oxygens (including phenoxy) is 1. The molecule has 0 heterocycles. The number of nitrogens with two attached hydrogens (primary N) is 1. The van der Waals surface area contributed by atoms with Crippen LogP contribution >= 0.6 is 0 Å². The third kappa shape index (κ3) is 6.12. The lowest BCUT2D eigenvalue weighted by Crippen LogP contribution is -2.11. The Labute approximate surface area is 102 Å². The largest absolute Gasteiger partial charge is 0.399 e. The van der Waals surface area contributed by atoms with Crippen molar-refractivity contribution in [2.45, 2.75) is 20.3 Å². The molecule has 0 spiro atoms. The van der Waals surface area contributed by atoms with Gasteiger partial charge >= 0.3 is 0 Å². The number of halogens is 1. The van der Waals surface area contributed by atoms with Gasteiger partial charge in [0.15, 0.2) is 0 Å². The van der Waals surface area contributed by atoms with Crippen molar-refractivity contribution in [1.29, 1.82) is 0 Å². The van der Waals surface area contributed by atoms with Gasteiger partial charge in [0.05, 0.1) is 6.61 Å². The smallest absolute Gasteiger partial charge is 0.127 e. The average Bonchev–Trinajstić information content (AvgIpc) is 2.21. The molecule has 0 radical (unpaired) electrons. The lowest BCUT2D eigenvalue weighted by molar-refractivity contribution is 0.132. The molecule has 0 fully saturated rings. The minimum atomic E-state index is -0.326. The van der Waals surface area contributed by atoms with Gasteiger partial charge in [0, 0.05) is 24.5 Å². The highest BCUT2D eigenvalue weighted by Crippen LogP contribution is 2.14. The first-order valence-corrected chi connectivity index (χ1v) is 5.95. The van der Waals surface area contributed by atoms with E-state index in [0.29, 0.717) is 30.4 Å². The summed E-state index contributed by atoms with van der Waals surface area (Å²) in [4.78, 5) is 0. The molecule has 17 heavy (non-hydrogen) atoms. The monoisotopic (exact) mass is 240 g/mol. The van der Waals surface area contributed by atoms with E-state index in [0.717, 1.165) is 13.0 Å². The fraction of sp³-hybridized carbons (Fsp3) is 0.538. The Morgan fingerprint density at radius 3 is 2.71 bits per heavy atom. The molecule has 0 saturated heterocycles. The van der Waals surface area contributed by atoms with Gasteiger partial charge in [-0.25, -0.2) is 4.39 Å². The minimum Gasteiger partial charge on any atom is -0.399 e. The van der Waals surface area contributed by atoms with E-state index in [1.807, 2.05) is 0 Å². The molecule has 0 saturated carbocycles. The summed E-state index contributed by atoms with van der Waals surface area (Å²) in [7, 11) is 0. The number of anilines is 2. The molecule has 96 valence electrons. The molecular weight excluding hydrogens is 219 g/mol. The molecule has 1 rings (SSSR count). The topological polar surface area (TPSA) is 47.3 Å². The molecule has 3 N–H and O–H groups in total. The van der Waals surface area contributed by atoms with Crippen LogP contribution in [0.4, 0.5) is 15.8 Å². The van der Waals surface area contributed by atoms with E-state index in [1.54, 1.807) is 6.07 Å². The van der Waals surface area contributed by atoms with Gasteiger partial charge in [-0.1, -0.05) is 13.8 Å². The van der Waals surface area contributed by atoms with Crippen LogP contribution in [0.3, 0.4) is 0 Å². The number of benzene rings is 1. The number of hydrogen-bond acceptors (Lipinski definition) is 3. The number of nitrogen functional groups attached to an aromatic ring is 1. The number of nitrogens with one attached hydrogen (secondary N) is 1.